The minimum Gasteiger partial charge on any atom is -0.461 e. The first-order valence-corrected chi connectivity index (χ1v) is 13.7. The SMILES string of the molecule is C=C1[C@@H](Oc2ccc(C)cc2)O[C@H](COCc2ccccc2)[C@H](OCc2ccccc2)[C@@H]1OCc1ccccc1. The molecular weight excluding hydrogens is 500 g/mol. The molecule has 1 heterocycles. The molecule has 4 atom stereocenters. The molecule has 0 bridgehead atoms. The molecule has 5 rings (SSSR count). The number of aryl methyl sites for hydroxylation is 1. The molecule has 0 saturated carbocycles. The molecule has 0 spiro atoms. The third kappa shape index (κ3) is 7.68. The van der Waals surface area contributed by atoms with Gasteiger partial charge in [0.1, 0.15) is 24.1 Å². The third-order valence-electron chi connectivity index (χ3n) is 6.85. The standard InChI is InChI=1S/C35H36O5/c1-26-18-20-31(21-19-26)39-35-27(2)33(37-23-29-14-8-4-9-15-29)34(38-24-30-16-10-5-11-17-30)32(40-35)25-36-22-28-12-6-3-7-13-28/h3-21,32-35H,2,22-25H2,1H3/t32-,33-,34+,35+/m1/s1. The monoisotopic (exact) mass is 536 g/mol. The summed E-state index contributed by atoms with van der Waals surface area (Å²) in [4.78, 5) is 0. The van der Waals surface area contributed by atoms with Crippen LogP contribution in [0.2, 0.25) is 0 Å². The minimum absolute atomic E-state index is 0.306. The summed E-state index contributed by atoms with van der Waals surface area (Å²) in [6, 6.07) is 38.2. The fourth-order valence-electron chi connectivity index (χ4n) is 4.63. The molecule has 5 nitrogen and oxygen atoms in total. The van der Waals surface area contributed by atoms with Gasteiger partial charge in [-0.2, -0.15) is 0 Å². The van der Waals surface area contributed by atoms with Gasteiger partial charge in [0.05, 0.1) is 26.4 Å². The van der Waals surface area contributed by atoms with Gasteiger partial charge in [0.25, 0.3) is 0 Å². The van der Waals surface area contributed by atoms with Gasteiger partial charge in [0.2, 0.25) is 6.29 Å². The van der Waals surface area contributed by atoms with E-state index in [1.807, 2.05) is 122 Å². The van der Waals surface area contributed by atoms with Crippen molar-refractivity contribution in [2.75, 3.05) is 6.61 Å². The van der Waals surface area contributed by atoms with Gasteiger partial charge in [0, 0.05) is 5.57 Å². The molecule has 1 aliphatic rings. The van der Waals surface area contributed by atoms with E-state index in [0.29, 0.717) is 37.8 Å². The van der Waals surface area contributed by atoms with Crippen molar-refractivity contribution in [1.82, 2.24) is 0 Å². The number of benzene rings is 4. The molecule has 206 valence electrons. The molecule has 1 saturated heterocycles. The topological polar surface area (TPSA) is 46.2 Å². The maximum Gasteiger partial charge on any atom is 0.225 e. The highest BCUT2D eigenvalue weighted by molar-refractivity contribution is 5.28. The van der Waals surface area contributed by atoms with E-state index in [1.165, 1.54) is 0 Å². The second kappa shape index (κ2) is 14.1. The van der Waals surface area contributed by atoms with Crippen LogP contribution in [0.5, 0.6) is 5.75 Å². The third-order valence-corrected chi connectivity index (χ3v) is 6.85. The van der Waals surface area contributed by atoms with E-state index in [-0.39, 0.29) is 0 Å². The zero-order valence-electron chi connectivity index (χ0n) is 22.9. The van der Waals surface area contributed by atoms with E-state index < -0.39 is 24.6 Å². The lowest BCUT2D eigenvalue weighted by atomic mass is 9.96. The van der Waals surface area contributed by atoms with Crippen LogP contribution in [0, 0.1) is 6.92 Å². The summed E-state index contributed by atoms with van der Waals surface area (Å²) >= 11 is 0. The molecule has 0 aromatic heterocycles. The minimum atomic E-state index is -0.717. The van der Waals surface area contributed by atoms with Crippen molar-refractivity contribution in [1.29, 1.82) is 0 Å². The lowest BCUT2D eigenvalue weighted by molar-refractivity contribution is -0.229. The predicted molar refractivity (Wildman–Crippen MR) is 156 cm³/mol. The van der Waals surface area contributed by atoms with Gasteiger partial charge in [-0.1, -0.05) is 115 Å². The van der Waals surface area contributed by atoms with Gasteiger partial charge >= 0.3 is 0 Å². The Kier molecular flexibility index (Phi) is 9.77. The Morgan fingerprint density at radius 2 is 1.18 bits per heavy atom. The van der Waals surface area contributed by atoms with Crippen LogP contribution < -0.4 is 4.74 Å². The smallest absolute Gasteiger partial charge is 0.225 e. The lowest BCUT2D eigenvalue weighted by Crippen LogP contribution is -2.55. The maximum absolute atomic E-state index is 6.52. The summed E-state index contributed by atoms with van der Waals surface area (Å²) < 4.78 is 32.0. The first-order chi connectivity index (χ1) is 19.7. The van der Waals surface area contributed by atoms with Crippen molar-refractivity contribution in [3.05, 3.63) is 150 Å². The van der Waals surface area contributed by atoms with Crippen LogP contribution in [0.15, 0.2) is 127 Å². The molecule has 40 heavy (non-hydrogen) atoms. The first-order valence-electron chi connectivity index (χ1n) is 13.7. The molecule has 0 radical (unpaired) electrons. The van der Waals surface area contributed by atoms with Crippen LogP contribution in [0.3, 0.4) is 0 Å². The fraction of sp³-hybridized carbons (Fsp3) is 0.257. The number of ether oxygens (including phenoxy) is 5. The van der Waals surface area contributed by atoms with Gasteiger partial charge in [-0.3, -0.25) is 0 Å². The molecule has 5 heteroatoms. The van der Waals surface area contributed by atoms with Crippen LogP contribution in [-0.4, -0.2) is 31.2 Å². The predicted octanol–water partition coefficient (Wildman–Crippen LogP) is 7.04. The van der Waals surface area contributed by atoms with Crippen molar-refractivity contribution in [2.45, 2.75) is 51.3 Å². The molecule has 0 N–H and O–H groups in total. The van der Waals surface area contributed by atoms with Crippen molar-refractivity contribution in [2.24, 2.45) is 0 Å². The molecule has 4 aromatic rings. The van der Waals surface area contributed by atoms with Crippen LogP contribution in [0.1, 0.15) is 22.3 Å². The zero-order valence-corrected chi connectivity index (χ0v) is 22.9. The van der Waals surface area contributed by atoms with Gasteiger partial charge in [-0.15, -0.1) is 0 Å². The maximum atomic E-state index is 6.52. The van der Waals surface area contributed by atoms with E-state index in [1.54, 1.807) is 0 Å². The summed E-state index contributed by atoms with van der Waals surface area (Å²) in [5.41, 5.74) is 5.05. The highest BCUT2D eigenvalue weighted by Gasteiger charge is 2.44. The Labute approximate surface area is 236 Å². The highest BCUT2D eigenvalue weighted by Crippen LogP contribution is 2.32. The van der Waals surface area contributed by atoms with Gasteiger partial charge in [-0.05, 0) is 35.7 Å². The van der Waals surface area contributed by atoms with Crippen LogP contribution in [0.4, 0.5) is 0 Å². The van der Waals surface area contributed by atoms with E-state index in [9.17, 15) is 0 Å². The summed E-state index contributed by atoms with van der Waals surface area (Å²) in [5, 5.41) is 0. The quantitative estimate of drug-likeness (QED) is 0.182. The second-order valence-corrected chi connectivity index (χ2v) is 9.99. The number of hydrogen-bond acceptors (Lipinski definition) is 5. The van der Waals surface area contributed by atoms with Gasteiger partial charge < -0.3 is 23.7 Å². The average molecular weight is 537 g/mol. The summed E-state index contributed by atoms with van der Waals surface area (Å²) in [7, 11) is 0. The normalized spacial score (nSPS) is 20.8. The molecule has 0 unspecified atom stereocenters. The van der Waals surface area contributed by atoms with Crippen molar-refractivity contribution >= 4 is 0 Å². The van der Waals surface area contributed by atoms with E-state index in [0.717, 1.165) is 22.3 Å². The molecule has 0 aliphatic carbocycles. The largest absolute Gasteiger partial charge is 0.461 e. The average Bonchev–Trinajstić information content (AvgIpc) is 3.00. The van der Waals surface area contributed by atoms with E-state index >= 15 is 0 Å². The lowest BCUT2D eigenvalue weighted by Gasteiger charge is -2.42. The number of rotatable bonds is 12. The molecule has 1 aliphatic heterocycles. The van der Waals surface area contributed by atoms with Crippen LogP contribution >= 0.6 is 0 Å². The van der Waals surface area contributed by atoms with Crippen molar-refractivity contribution in [3.63, 3.8) is 0 Å². The van der Waals surface area contributed by atoms with Gasteiger partial charge in [0.15, 0.2) is 0 Å². The summed E-state index contributed by atoms with van der Waals surface area (Å²) in [6.07, 6.45) is -2.09. The highest BCUT2D eigenvalue weighted by atomic mass is 16.7. The Morgan fingerprint density at radius 3 is 1.75 bits per heavy atom. The Balaban J connectivity index is 1.38. The van der Waals surface area contributed by atoms with Crippen LogP contribution in [0.25, 0.3) is 0 Å². The Bertz CT molecular complexity index is 1310. The molecule has 1 fully saturated rings. The Morgan fingerprint density at radius 1 is 0.650 bits per heavy atom. The molecular formula is C35H36O5. The van der Waals surface area contributed by atoms with Crippen molar-refractivity contribution in [3.8, 4) is 5.75 Å². The Hall–Kier alpha value is -3.74. The fourth-order valence-corrected chi connectivity index (χ4v) is 4.63. The van der Waals surface area contributed by atoms with Crippen LogP contribution in [-0.2, 0) is 38.8 Å². The first kappa shape index (κ1) is 27.8. The number of hydrogen-bond donors (Lipinski definition) is 0. The van der Waals surface area contributed by atoms with Gasteiger partial charge in [-0.25, -0.2) is 0 Å². The second-order valence-electron chi connectivity index (χ2n) is 9.99. The molecule has 0 amide bonds. The summed E-state index contributed by atoms with van der Waals surface area (Å²) in [6.45, 7) is 8.01. The van der Waals surface area contributed by atoms with E-state index in [4.69, 9.17) is 23.7 Å². The summed E-state index contributed by atoms with van der Waals surface area (Å²) in [5.74, 6) is 0.700. The van der Waals surface area contributed by atoms with E-state index in [2.05, 4.69) is 6.58 Å². The molecule has 4 aromatic carbocycles. The van der Waals surface area contributed by atoms with Crippen molar-refractivity contribution < 1.29 is 23.7 Å². The zero-order chi connectivity index (χ0) is 27.6.